The maximum absolute atomic E-state index is 12.6. The van der Waals surface area contributed by atoms with Gasteiger partial charge in [-0.3, -0.25) is 9.59 Å². The van der Waals surface area contributed by atoms with Gasteiger partial charge in [0, 0.05) is 0 Å². The van der Waals surface area contributed by atoms with Gasteiger partial charge in [-0.15, -0.1) is 0 Å². The van der Waals surface area contributed by atoms with E-state index in [0.29, 0.717) is 0 Å². The first-order valence-corrected chi connectivity index (χ1v) is 10.4. The molecular formula is C21H35NO9. The molecule has 0 saturated carbocycles. The Morgan fingerprint density at radius 3 is 2.06 bits per heavy atom. The fraction of sp³-hybridized carbons (Fsp3) is 0.810. The van der Waals surface area contributed by atoms with E-state index in [1.54, 1.807) is 48.5 Å². The zero-order valence-corrected chi connectivity index (χ0v) is 19.6. The average Bonchev–Trinajstić information content (AvgIpc) is 2.65. The Balaban J connectivity index is 3.05. The lowest BCUT2D eigenvalue weighted by atomic mass is 10.1. The highest BCUT2D eigenvalue weighted by molar-refractivity contribution is 5.82. The molecule has 4 atom stereocenters. The highest BCUT2D eigenvalue weighted by Crippen LogP contribution is 2.19. The monoisotopic (exact) mass is 445 g/mol. The third-order valence-electron chi connectivity index (χ3n) is 4.14. The molecule has 0 aromatic heterocycles. The Kier molecular flexibility index (Phi) is 9.73. The fourth-order valence-electron chi connectivity index (χ4n) is 2.48. The molecule has 178 valence electrons. The molecule has 0 spiro atoms. The van der Waals surface area contributed by atoms with Crippen molar-refractivity contribution in [3.8, 4) is 0 Å². The van der Waals surface area contributed by atoms with Crippen LogP contribution in [0.5, 0.6) is 0 Å². The minimum Gasteiger partial charge on any atom is -0.457 e. The van der Waals surface area contributed by atoms with Crippen molar-refractivity contribution in [1.82, 2.24) is 5.32 Å². The number of alkyl carbamates (subject to hydrolysis) is 1. The van der Waals surface area contributed by atoms with E-state index >= 15 is 0 Å². The van der Waals surface area contributed by atoms with Crippen LogP contribution in [0, 0.1) is 11.8 Å². The lowest BCUT2D eigenvalue weighted by Crippen LogP contribution is -2.48. The van der Waals surface area contributed by atoms with Gasteiger partial charge in [-0.1, -0.05) is 27.7 Å². The van der Waals surface area contributed by atoms with Crippen molar-refractivity contribution < 1.29 is 42.9 Å². The van der Waals surface area contributed by atoms with Gasteiger partial charge in [-0.05, 0) is 27.7 Å². The van der Waals surface area contributed by atoms with Crippen molar-refractivity contribution in [1.29, 1.82) is 0 Å². The highest BCUT2D eigenvalue weighted by atomic mass is 16.6. The van der Waals surface area contributed by atoms with Gasteiger partial charge in [0.25, 0.3) is 0 Å². The molecular weight excluding hydrogens is 410 g/mol. The van der Waals surface area contributed by atoms with E-state index in [4.69, 9.17) is 23.7 Å². The number of esters is 3. The van der Waals surface area contributed by atoms with E-state index < -0.39 is 65.8 Å². The third kappa shape index (κ3) is 9.12. The molecule has 1 aliphatic rings. The number of ether oxygens (including phenoxy) is 5. The Bertz CT molecular complexity index is 654. The normalized spacial score (nSPS) is 25.0. The molecule has 0 bridgehead atoms. The summed E-state index contributed by atoms with van der Waals surface area (Å²) in [6.45, 7) is 12.8. The van der Waals surface area contributed by atoms with Gasteiger partial charge in [0.05, 0.1) is 25.0 Å². The summed E-state index contributed by atoms with van der Waals surface area (Å²) in [7, 11) is 0. The van der Waals surface area contributed by atoms with Crippen LogP contribution in [0.1, 0.15) is 55.4 Å². The number of nitrogens with one attached hydrogen (secondary N) is 1. The number of carbonyl (C=O) groups is 4. The van der Waals surface area contributed by atoms with E-state index in [1.165, 1.54) is 6.92 Å². The van der Waals surface area contributed by atoms with Gasteiger partial charge in [0.1, 0.15) is 11.7 Å². The number of hydrogen-bond donors (Lipinski definition) is 1. The molecule has 1 aliphatic heterocycles. The summed E-state index contributed by atoms with van der Waals surface area (Å²) in [6.07, 6.45) is -3.86. The van der Waals surface area contributed by atoms with E-state index in [9.17, 15) is 19.2 Å². The molecule has 10 heteroatoms. The maximum Gasteiger partial charge on any atom is 0.408 e. The molecule has 1 fully saturated rings. The maximum atomic E-state index is 12.6. The van der Waals surface area contributed by atoms with Gasteiger partial charge in [0.2, 0.25) is 0 Å². The summed E-state index contributed by atoms with van der Waals surface area (Å²) in [4.78, 5) is 49.1. The van der Waals surface area contributed by atoms with Crippen molar-refractivity contribution in [2.24, 2.45) is 11.8 Å². The lowest BCUT2D eigenvalue weighted by Gasteiger charge is -2.30. The molecule has 1 heterocycles. The van der Waals surface area contributed by atoms with Gasteiger partial charge in [0.15, 0.2) is 18.2 Å². The SMILES string of the molecule is CC(C)C(=O)O[C@H]1[C@H](C)OC(=O)[C@@H](NC(=O)OC(C)(C)C)COC[C@@H]1OC(=O)C(C)C. The van der Waals surface area contributed by atoms with Crippen LogP contribution in [0.3, 0.4) is 0 Å². The molecule has 1 rings (SSSR count). The Labute approximate surface area is 183 Å². The first-order valence-electron chi connectivity index (χ1n) is 10.4. The number of carbonyl (C=O) groups excluding carboxylic acids is 4. The van der Waals surface area contributed by atoms with Crippen molar-refractivity contribution >= 4 is 24.0 Å². The molecule has 1 saturated heterocycles. The zero-order chi connectivity index (χ0) is 23.9. The molecule has 31 heavy (non-hydrogen) atoms. The largest absolute Gasteiger partial charge is 0.457 e. The lowest BCUT2D eigenvalue weighted by molar-refractivity contribution is -0.189. The molecule has 10 nitrogen and oxygen atoms in total. The average molecular weight is 446 g/mol. The van der Waals surface area contributed by atoms with Gasteiger partial charge in [-0.25, -0.2) is 9.59 Å². The number of cyclic esters (lactones) is 1. The van der Waals surface area contributed by atoms with Gasteiger partial charge < -0.3 is 29.0 Å². The zero-order valence-electron chi connectivity index (χ0n) is 19.6. The third-order valence-corrected chi connectivity index (χ3v) is 4.14. The number of hydrogen-bond acceptors (Lipinski definition) is 9. The van der Waals surface area contributed by atoms with E-state index in [-0.39, 0.29) is 13.2 Å². The molecule has 0 radical (unpaired) electrons. The number of amides is 1. The van der Waals surface area contributed by atoms with E-state index in [1.807, 2.05) is 0 Å². The second-order valence-corrected chi connectivity index (χ2v) is 9.06. The van der Waals surface area contributed by atoms with Crippen molar-refractivity contribution in [2.45, 2.75) is 85.3 Å². The van der Waals surface area contributed by atoms with Crippen LogP contribution in [0.2, 0.25) is 0 Å². The van der Waals surface area contributed by atoms with Crippen molar-refractivity contribution in [3.63, 3.8) is 0 Å². The van der Waals surface area contributed by atoms with Crippen LogP contribution in [0.15, 0.2) is 0 Å². The van der Waals surface area contributed by atoms with Crippen LogP contribution < -0.4 is 5.32 Å². The summed E-state index contributed by atoms with van der Waals surface area (Å²) in [6, 6.07) is -1.15. The van der Waals surface area contributed by atoms with Crippen LogP contribution in [-0.4, -0.2) is 67.2 Å². The first kappa shape index (κ1) is 26.7. The second kappa shape index (κ2) is 11.3. The highest BCUT2D eigenvalue weighted by Gasteiger charge is 2.40. The first-order chi connectivity index (χ1) is 14.2. The van der Waals surface area contributed by atoms with E-state index in [2.05, 4.69) is 5.32 Å². The molecule has 0 unspecified atom stereocenters. The second-order valence-electron chi connectivity index (χ2n) is 9.06. The Morgan fingerprint density at radius 1 is 1.00 bits per heavy atom. The molecule has 0 aliphatic carbocycles. The quantitative estimate of drug-likeness (QED) is 0.499. The van der Waals surface area contributed by atoms with E-state index in [0.717, 1.165) is 0 Å². The summed E-state index contributed by atoms with van der Waals surface area (Å²) in [5, 5.41) is 2.41. The summed E-state index contributed by atoms with van der Waals surface area (Å²) in [5.74, 6) is -2.71. The predicted molar refractivity (Wildman–Crippen MR) is 109 cm³/mol. The van der Waals surface area contributed by atoms with Crippen molar-refractivity contribution in [2.75, 3.05) is 13.2 Å². The minimum absolute atomic E-state index is 0.165. The minimum atomic E-state index is -1.15. The molecule has 0 aromatic carbocycles. The van der Waals surface area contributed by atoms with Gasteiger partial charge in [-0.2, -0.15) is 0 Å². The number of rotatable bonds is 5. The van der Waals surface area contributed by atoms with Crippen LogP contribution in [0.4, 0.5) is 4.79 Å². The van der Waals surface area contributed by atoms with Crippen LogP contribution in [0.25, 0.3) is 0 Å². The summed E-state index contributed by atoms with van der Waals surface area (Å²) >= 11 is 0. The molecule has 1 N–H and O–H groups in total. The smallest absolute Gasteiger partial charge is 0.408 e. The standard InChI is InChI=1S/C21H35NO9/c1-11(2)17(23)29-15-10-27-9-14(22-20(26)31-21(6,7)8)19(25)28-13(5)16(15)30-18(24)12(3)4/h11-16H,9-10H2,1-8H3,(H,22,26)/t13-,14-,15-,16-/m0/s1. The topological polar surface area (TPSA) is 126 Å². The van der Waals surface area contributed by atoms with Crippen LogP contribution >= 0.6 is 0 Å². The summed E-state index contributed by atoms with van der Waals surface area (Å²) in [5.41, 5.74) is -0.757. The van der Waals surface area contributed by atoms with Gasteiger partial charge >= 0.3 is 24.0 Å². The summed E-state index contributed by atoms with van der Waals surface area (Å²) < 4.78 is 27.1. The fourth-order valence-corrected chi connectivity index (χ4v) is 2.48. The predicted octanol–water partition coefficient (Wildman–Crippen LogP) is 1.98. The van der Waals surface area contributed by atoms with Crippen LogP contribution in [-0.2, 0) is 38.1 Å². The Morgan fingerprint density at radius 2 is 1.55 bits per heavy atom. The molecule has 1 amide bonds. The van der Waals surface area contributed by atoms with Crippen molar-refractivity contribution in [3.05, 3.63) is 0 Å². The molecule has 0 aromatic rings. The Hall–Kier alpha value is -2.36.